The maximum atomic E-state index is 6.43. The Balaban J connectivity index is 1.54. The van der Waals surface area contributed by atoms with Crippen LogP contribution in [-0.2, 0) is 0 Å². The zero-order chi connectivity index (χ0) is 23.6. The Morgan fingerprint density at radius 1 is 1.00 bits per heavy atom. The molecule has 2 N–H and O–H groups in total. The minimum Gasteiger partial charge on any atom is -0.493 e. The zero-order valence-corrected chi connectivity index (χ0v) is 20.3. The lowest BCUT2D eigenvalue weighted by Gasteiger charge is -2.14. The zero-order valence-electron chi connectivity index (χ0n) is 18.7. The molecule has 3 aromatic rings. The van der Waals surface area contributed by atoms with Gasteiger partial charge in [-0.25, -0.2) is 0 Å². The fourth-order valence-corrected chi connectivity index (χ4v) is 3.35. The molecule has 172 valence electrons. The molecule has 0 saturated heterocycles. The van der Waals surface area contributed by atoms with Crippen LogP contribution in [0.15, 0.2) is 65.8 Å². The third kappa shape index (κ3) is 7.37. The molecule has 8 heteroatoms. The SMILES string of the molecule is COc1cc(/C=N/NC(=S)Nc2ccccc2)cc(Cl)c1OCCOc1ccc(C)c(C)c1. The molecule has 0 aliphatic carbocycles. The molecule has 0 aliphatic rings. The number of hydrogen-bond donors (Lipinski definition) is 2. The van der Waals surface area contributed by atoms with Crippen LogP contribution in [0.5, 0.6) is 17.2 Å². The summed E-state index contributed by atoms with van der Waals surface area (Å²) >= 11 is 11.7. The molecule has 0 fully saturated rings. The summed E-state index contributed by atoms with van der Waals surface area (Å²) in [5.74, 6) is 1.76. The van der Waals surface area contributed by atoms with Gasteiger partial charge in [0.25, 0.3) is 0 Å². The molecule has 3 aromatic carbocycles. The van der Waals surface area contributed by atoms with Crippen LogP contribution in [0.4, 0.5) is 5.69 Å². The summed E-state index contributed by atoms with van der Waals surface area (Å²) in [6.07, 6.45) is 1.60. The van der Waals surface area contributed by atoms with Crippen LogP contribution in [0.25, 0.3) is 0 Å². The van der Waals surface area contributed by atoms with Gasteiger partial charge in [0.1, 0.15) is 19.0 Å². The van der Waals surface area contributed by atoms with Gasteiger partial charge < -0.3 is 19.5 Å². The number of methoxy groups -OCH3 is 1. The number of benzene rings is 3. The number of ether oxygens (including phenoxy) is 3. The average molecular weight is 484 g/mol. The van der Waals surface area contributed by atoms with Gasteiger partial charge in [0.05, 0.1) is 18.3 Å². The lowest BCUT2D eigenvalue weighted by atomic mass is 10.1. The summed E-state index contributed by atoms with van der Waals surface area (Å²) in [7, 11) is 1.56. The molecule has 33 heavy (non-hydrogen) atoms. The van der Waals surface area contributed by atoms with E-state index in [0.29, 0.717) is 34.8 Å². The Labute approximate surface area is 204 Å². The molecular formula is C25H26ClN3O3S. The van der Waals surface area contributed by atoms with Gasteiger partial charge in [-0.05, 0) is 79.2 Å². The van der Waals surface area contributed by atoms with Crippen molar-refractivity contribution >= 4 is 40.8 Å². The van der Waals surface area contributed by atoms with E-state index in [1.165, 1.54) is 11.1 Å². The minimum absolute atomic E-state index is 0.317. The van der Waals surface area contributed by atoms with Gasteiger partial charge in [0.2, 0.25) is 0 Å². The number of hydrazone groups is 1. The van der Waals surface area contributed by atoms with Crippen LogP contribution >= 0.6 is 23.8 Å². The highest BCUT2D eigenvalue weighted by Gasteiger charge is 2.12. The first-order valence-electron chi connectivity index (χ1n) is 10.3. The minimum atomic E-state index is 0.317. The van der Waals surface area contributed by atoms with E-state index in [9.17, 15) is 0 Å². The molecule has 0 heterocycles. The number of hydrogen-bond acceptors (Lipinski definition) is 5. The van der Waals surface area contributed by atoms with Gasteiger partial charge >= 0.3 is 0 Å². The molecule has 0 aliphatic heterocycles. The number of aryl methyl sites for hydroxylation is 2. The van der Waals surface area contributed by atoms with Gasteiger partial charge in [-0.3, -0.25) is 5.43 Å². The summed E-state index contributed by atoms with van der Waals surface area (Å²) in [5.41, 5.74) is 6.78. The molecule has 0 radical (unpaired) electrons. The molecular weight excluding hydrogens is 458 g/mol. The van der Waals surface area contributed by atoms with Crippen LogP contribution < -0.4 is 25.0 Å². The summed E-state index contributed by atoms with van der Waals surface area (Å²) in [6.45, 7) is 4.81. The molecule has 0 bridgehead atoms. The number of nitrogens with one attached hydrogen (secondary N) is 2. The van der Waals surface area contributed by atoms with Crippen molar-refractivity contribution in [2.24, 2.45) is 5.10 Å². The van der Waals surface area contributed by atoms with Gasteiger partial charge in [-0.1, -0.05) is 35.9 Å². The van der Waals surface area contributed by atoms with E-state index in [2.05, 4.69) is 29.7 Å². The predicted molar refractivity (Wildman–Crippen MR) is 138 cm³/mol. The van der Waals surface area contributed by atoms with Crippen molar-refractivity contribution in [1.82, 2.24) is 5.43 Å². The first-order chi connectivity index (χ1) is 16.0. The number of nitrogens with zero attached hydrogens (tertiary/aromatic N) is 1. The van der Waals surface area contributed by atoms with Gasteiger partial charge in [-0.2, -0.15) is 5.10 Å². The maximum absolute atomic E-state index is 6.43. The Morgan fingerprint density at radius 3 is 2.48 bits per heavy atom. The van der Waals surface area contributed by atoms with Crippen molar-refractivity contribution in [3.63, 3.8) is 0 Å². The second kappa shape index (κ2) is 12.1. The topological polar surface area (TPSA) is 64.1 Å². The van der Waals surface area contributed by atoms with Crippen LogP contribution in [-0.4, -0.2) is 31.7 Å². The number of halogens is 1. The van der Waals surface area contributed by atoms with E-state index in [0.717, 1.165) is 17.0 Å². The van der Waals surface area contributed by atoms with Gasteiger partial charge in [0.15, 0.2) is 16.6 Å². The van der Waals surface area contributed by atoms with Crippen molar-refractivity contribution < 1.29 is 14.2 Å². The van der Waals surface area contributed by atoms with Gasteiger partial charge in [-0.15, -0.1) is 0 Å². The summed E-state index contributed by atoms with van der Waals surface area (Å²) in [6, 6.07) is 19.1. The van der Waals surface area contributed by atoms with E-state index < -0.39 is 0 Å². The highest BCUT2D eigenvalue weighted by molar-refractivity contribution is 7.80. The number of rotatable bonds is 9. The maximum Gasteiger partial charge on any atom is 0.191 e. The smallest absolute Gasteiger partial charge is 0.191 e. The molecule has 0 amide bonds. The van der Waals surface area contributed by atoms with E-state index in [1.54, 1.807) is 25.5 Å². The fourth-order valence-electron chi connectivity index (χ4n) is 2.91. The normalized spacial score (nSPS) is 10.7. The lowest BCUT2D eigenvalue weighted by Crippen LogP contribution is -2.23. The summed E-state index contributed by atoms with van der Waals surface area (Å²) in [5, 5.41) is 7.98. The highest BCUT2D eigenvalue weighted by Crippen LogP contribution is 2.36. The van der Waals surface area contributed by atoms with E-state index in [1.807, 2.05) is 48.5 Å². The molecule has 0 aromatic heterocycles. The van der Waals surface area contributed by atoms with Crippen LogP contribution in [0, 0.1) is 13.8 Å². The molecule has 6 nitrogen and oxygen atoms in total. The Kier molecular flexibility index (Phi) is 8.92. The summed E-state index contributed by atoms with van der Waals surface area (Å²) < 4.78 is 17.0. The molecule has 3 rings (SSSR count). The van der Waals surface area contributed by atoms with Crippen LogP contribution in [0.1, 0.15) is 16.7 Å². The second-order valence-electron chi connectivity index (χ2n) is 7.17. The van der Waals surface area contributed by atoms with Crippen LogP contribution in [0.3, 0.4) is 0 Å². The van der Waals surface area contributed by atoms with Crippen molar-refractivity contribution in [1.29, 1.82) is 0 Å². The van der Waals surface area contributed by atoms with E-state index in [4.69, 9.17) is 38.0 Å². The van der Waals surface area contributed by atoms with Crippen molar-refractivity contribution in [2.45, 2.75) is 13.8 Å². The first kappa shape index (κ1) is 24.4. The van der Waals surface area contributed by atoms with Crippen molar-refractivity contribution in [2.75, 3.05) is 25.6 Å². The third-order valence-electron chi connectivity index (χ3n) is 4.74. The van der Waals surface area contributed by atoms with Gasteiger partial charge in [0, 0.05) is 5.69 Å². The van der Waals surface area contributed by atoms with E-state index in [-0.39, 0.29) is 0 Å². The lowest BCUT2D eigenvalue weighted by molar-refractivity contribution is 0.211. The Morgan fingerprint density at radius 2 is 1.76 bits per heavy atom. The first-order valence-corrected chi connectivity index (χ1v) is 11.1. The quantitative estimate of drug-likeness (QED) is 0.175. The van der Waals surface area contributed by atoms with E-state index >= 15 is 0 Å². The number of para-hydroxylation sites is 1. The van der Waals surface area contributed by atoms with Crippen molar-refractivity contribution in [3.05, 3.63) is 82.4 Å². The van der Waals surface area contributed by atoms with Crippen LogP contribution in [0.2, 0.25) is 5.02 Å². The largest absolute Gasteiger partial charge is 0.493 e. The molecule has 0 spiro atoms. The van der Waals surface area contributed by atoms with Crippen molar-refractivity contribution in [3.8, 4) is 17.2 Å². The predicted octanol–water partition coefficient (Wildman–Crippen LogP) is 5.74. The highest BCUT2D eigenvalue weighted by atomic mass is 35.5. The standard InChI is InChI=1S/C25H26ClN3O3S/c1-17-9-10-21(13-18(17)2)31-11-12-32-24-22(26)14-19(15-23(24)30-3)16-27-29-25(33)28-20-7-5-4-6-8-20/h4-10,13-16H,11-12H2,1-3H3,(H2,28,29,33)/b27-16+. The Hall–Kier alpha value is -3.29. The summed E-state index contributed by atoms with van der Waals surface area (Å²) in [4.78, 5) is 0. The molecule has 0 atom stereocenters. The molecule has 0 unspecified atom stereocenters. The number of anilines is 1. The monoisotopic (exact) mass is 483 g/mol. The number of thiocarbonyl (C=S) groups is 1. The Bertz CT molecular complexity index is 1120. The second-order valence-corrected chi connectivity index (χ2v) is 7.98. The fraction of sp³-hybridized carbons (Fsp3) is 0.200. The third-order valence-corrected chi connectivity index (χ3v) is 5.21. The molecule has 0 saturated carbocycles. The average Bonchev–Trinajstić information content (AvgIpc) is 2.80.